The molecule has 7 nitrogen and oxygen atoms in total. The molecule has 3 unspecified atom stereocenters. The molecule has 0 bridgehead atoms. The van der Waals surface area contributed by atoms with E-state index in [9.17, 15) is 14.4 Å². The van der Waals surface area contributed by atoms with E-state index in [1.165, 1.54) is 19.0 Å². The van der Waals surface area contributed by atoms with E-state index in [-0.39, 0.29) is 24.2 Å². The molecule has 1 fully saturated rings. The molecular formula is C13H24N4O3. The molecule has 1 rings (SSSR count). The SMILES string of the molecule is CNN(C(=O)C1CCCCC1C(C)=O)C(CN)C(N)=O. The molecule has 0 radical (unpaired) electrons. The van der Waals surface area contributed by atoms with Gasteiger partial charge in [0.1, 0.15) is 11.8 Å². The Morgan fingerprint density at radius 2 is 1.80 bits per heavy atom. The van der Waals surface area contributed by atoms with Crippen molar-refractivity contribution >= 4 is 17.6 Å². The molecular weight excluding hydrogens is 260 g/mol. The molecule has 3 atom stereocenters. The van der Waals surface area contributed by atoms with Crippen LogP contribution in [0.1, 0.15) is 32.6 Å². The fourth-order valence-corrected chi connectivity index (χ4v) is 2.86. The predicted octanol–water partition coefficient (Wildman–Crippen LogP) is -0.843. The summed E-state index contributed by atoms with van der Waals surface area (Å²) in [5.74, 6) is -1.60. The number of hydrogen-bond donors (Lipinski definition) is 3. The molecule has 0 heterocycles. The van der Waals surface area contributed by atoms with Crippen LogP contribution >= 0.6 is 0 Å². The minimum atomic E-state index is -0.901. The second-order valence-electron chi connectivity index (χ2n) is 5.19. The van der Waals surface area contributed by atoms with Gasteiger partial charge in [-0.2, -0.15) is 0 Å². The minimum absolute atomic E-state index is 0.0162. The van der Waals surface area contributed by atoms with Crippen LogP contribution in [0.2, 0.25) is 0 Å². The molecule has 1 aliphatic carbocycles. The zero-order valence-electron chi connectivity index (χ0n) is 12.1. The first-order valence-corrected chi connectivity index (χ1v) is 6.94. The molecule has 0 aromatic heterocycles. The Morgan fingerprint density at radius 1 is 1.25 bits per heavy atom. The topological polar surface area (TPSA) is 119 Å². The Kier molecular flexibility index (Phi) is 6.09. The first-order chi connectivity index (χ1) is 9.43. The molecule has 0 aromatic carbocycles. The highest BCUT2D eigenvalue weighted by molar-refractivity contribution is 5.91. The van der Waals surface area contributed by atoms with Crippen molar-refractivity contribution in [3.63, 3.8) is 0 Å². The van der Waals surface area contributed by atoms with E-state index in [4.69, 9.17) is 11.5 Å². The fourth-order valence-electron chi connectivity index (χ4n) is 2.86. The maximum absolute atomic E-state index is 12.6. The highest BCUT2D eigenvalue weighted by Crippen LogP contribution is 2.32. The van der Waals surface area contributed by atoms with Gasteiger partial charge in [-0.15, -0.1) is 0 Å². The lowest BCUT2D eigenvalue weighted by Crippen LogP contribution is -2.59. The molecule has 7 heteroatoms. The minimum Gasteiger partial charge on any atom is -0.368 e. The largest absolute Gasteiger partial charge is 0.368 e. The highest BCUT2D eigenvalue weighted by atomic mass is 16.2. The van der Waals surface area contributed by atoms with Gasteiger partial charge in [0, 0.05) is 25.4 Å². The fraction of sp³-hybridized carbons (Fsp3) is 0.769. The number of ketones is 1. The lowest BCUT2D eigenvalue weighted by molar-refractivity contribution is -0.150. The van der Waals surface area contributed by atoms with Crippen molar-refractivity contribution in [2.75, 3.05) is 13.6 Å². The number of Topliss-reactive ketones (excluding diaryl/α,β-unsaturated/α-hetero) is 1. The Balaban J connectivity index is 2.93. The molecule has 20 heavy (non-hydrogen) atoms. The van der Waals surface area contributed by atoms with Crippen molar-refractivity contribution in [2.45, 2.75) is 38.6 Å². The first kappa shape index (κ1) is 16.6. The van der Waals surface area contributed by atoms with Crippen molar-refractivity contribution in [2.24, 2.45) is 23.3 Å². The van der Waals surface area contributed by atoms with Crippen molar-refractivity contribution in [1.82, 2.24) is 10.4 Å². The van der Waals surface area contributed by atoms with E-state index in [1.54, 1.807) is 0 Å². The molecule has 0 saturated heterocycles. The van der Waals surface area contributed by atoms with E-state index < -0.39 is 17.9 Å². The third kappa shape index (κ3) is 3.55. The quantitative estimate of drug-likeness (QED) is 0.549. The van der Waals surface area contributed by atoms with Crippen LogP contribution in [0.5, 0.6) is 0 Å². The maximum Gasteiger partial charge on any atom is 0.243 e. The summed E-state index contributed by atoms with van der Waals surface area (Å²) in [6.45, 7) is 1.45. The van der Waals surface area contributed by atoms with Gasteiger partial charge in [-0.25, -0.2) is 5.43 Å². The Hall–Kier alpha value is -1.47. The number of primary amides is 1. The predicted molar refractivity (Wildman–Crippen MR) is 74.1 cm³/mol. The van der Waals surface area contributed by atoms with Gasteiger partial charge in [-0.1, -0.05) is 12.8 Å². The van der Waals surface area contributed by atoms with Gasteiger partial charge in [0.2, 0.25) is 11.8 Å². The number of nitrogens with one attached hydrogen (secondary N) is 1. The van der Waals surface area contributed by atoms with Crippen LogP contribution in [-0.2, 0) is 14.4 Å². The van der Waals surface area contributed by atoms with Crippen molar-refractivity contribution < 1.29 is 14.4 Å². The summed E-state index contributed by atoms with van der Waals surface area (Å²) >= 11 is 0. The molecule has 1 saturated carbocycles. The number of rotatable bonds is 6. The molecule has 5 N–H and O–H groups in total. The van der Waals surface area contributed by atoms with Crippen LogP contribution in [0.25, 0.3) is 0 Å². The number of nitrogens with two attached hydrogens (primary N) is 2. The van der Waals surface area contributed by atoms with Crippen molar-refractivity contribution in [3.8, 4) is 0 Å². The number of nitrogens with zero attached hydrogens (tertiary/aromatic N) is 1. The second-order valence-corrected chi connectivity index (χ2v) is 5.19. The number of amides is 2. The molecule has 2 amide bonds. The highest BCUT2D eigenvalue weighted by Gasteiger charge is 2.38. The number of hydrazine groups is 1. The van der Waals surface area contributed by atoms with E-state index in [0.717, 1.165) is 12.8 Å². The first-order valence-electron chi connectivity index (χ1n) is 6.94. The second kappa shape index (κ2) is 7.35. The molecule has 0 aliphatic heterocycles. The summed E-state index contributed by atoms with van der Waals surface area (Å²) in [5.41, 5.74) is 13.5. The smallest absolute Gasteiger partial charge is 0.243 e. The van der Waals surface area contributed by atoms with Gasteiger partial charge in [0.05, 0.1) is 0 Å². The average Bonchev–Trinajstić information content (AvgIpc) is 2.43. The number of carbonyl (C=O) groups excluding carboxylic acids is 3. The lowest BCUT2D eigenvalue weighted by Gasteiger charge is -2.35. The van der Waals surface area contributed by atoms with Gasteiger partial charge in [0.15, 0.2) is 0 Å². The van der Waals surface area contributed by atoms with Crippen LogP contribution in [0.4, 0.5) is 0 Å². The Morgan fingerprint density at radius 3 is 2.20 bits per heavy atom. The van der Waals surface area contributed by atoms with Crippen LogP contribution in [0, 0.1) is 11.8 Å². The van der Waals surface area contributed by atoms with Crippen molar-refractivity contribution in [3.05, 3.63) is 0 Å². The standard InChI is InChI=1S/C13H24N4O3/c1-8(18)9-5-3-4-6-10(9)13(20)17(16-2)11(7-14)12(15)19/h9-11,16H,3-7,14H2,1-2H3,(H2,15,19). The molecule has 0 aromatic rings. The summed E-state index contributed by atoms with van der Waals surface area (Å²) < 4.78 is 0. The van der Waals surface area contributed by atoms with E-state index in [2.05, 4.69) is 5.43 Å². The monoisotopic (exact) mass is 284 g/mol. The van der Waals surface area contributed by atoms with Gasteiger partial charge >= 0.3 is 0 Å². The third-order valence-corrected chi connectivity index (χ3v) is 3.95. The van der Waals surface area contributed by atoms with Crippen molar-refractivity contribution in [1.29, 1.82) is 0 Å². The summed E-state index contributed by atoms with van der Waals surface area (Å²) in [4.78, 5) is 35.7. The lowest BCUT2D eigenvalue weighted by atomic mass is 9.76. The zero-order chi connectivity index (χ0) is 15.3. The molecule has 1 aliphatic rings. The third-order valence-electron chi connectivity index (χ3n) is 3.95. The summed E-state index contributed by atoms with van der Waals surface area (Å²) in [7, 11) is 1.54. The van der Waals surface area contributed by atoms with Crippen LogP contribution in [0.3, 0.4) is 0 Å². The number of hydrogen-bond acceptors (Lipinski definition) is 5. The number of carbonyl (C=O) groups is 3. The molecule has 114 valence electrons. The average molecular weight is 284 g/mol. The summed E-state index contributed by atoms with van der Waals surface area (Å²) in [5, 5.41) is 1.17. The van der Waals surface area contributed by atoms with Gasteiger partial charge in [-0.05, 0) is 19.8 Å². The van der Waals surface area contributed by atoms with E-state index >= 15 is 0 Å². The van der Waals surface area contributed by atoms with Gasteiger partial charge < -0.3 is 11.5 Å². The Labute approximate surface area is 119 Å². The zero-order valence-corrected chi connectivity index (χ0v) is 12.1. The van der Waals surface area contributed by atoms with E-state index in [1.807, 2.05) is 0 Å². The Bertz CT molecular complexity index is 366. The van der Waals surface area contributed by atoms with Gasteiger partial charge in [0.25, 0.3) is 0 Å². The summed E-state index contributed by atoms with van der Waals surface area (Å²) in [6, 6.07) is -0.901. The van der Waals surface area contributed by atoms with Crippen LogP contribution < -0.4 is 16.9 Å². The van der Waals surface area contributed by atoms with Gasteiger partial charge in [-0.3, -0.25) is 19.4 Å². The van der Waals surface area contributed by atoms with Crippen LogP contribution in [-0.4, -0.2) is 42.2 Å². The maximum atomic E-state index is 12.6. The van der Waals surface area contributed by atoms with Crippen LogP contribution in [0.15, 0.2) is 0 Å². The summed E-state index contributed by atoms with van der Waals surface area (Å²) in [6.07, 6.45) is 3.22. The molecule has 0 spiro atoms. The normalized spacial score (nSPS) is 23.9. The van der Waals surface area contributed by atoms with E-state index in [0.29, 0.717) is 12.8 Å².